The highest BCUT2D eigenvalue weighted by molar-refractivity contribution is 7.80. The second-order valence-corrected chi connectivity index (χ2v) is 5.33. The fraction of sp³-hybridized carbons (Fsp3) is 0.133. The highest BCUT2D eigenvalue weighted by Gasteiger charge is 2.41. The third-order valence-corrected chi connectivity index (χ3v) is 4.21. The lowest BCUT2D eigenvalue weighted by Crippen LogP contribution is -2.31. The standard InChI is InChI=1S/C15H13ClO2S/c1-10-12(8-5-9-13(10)19)15(16,14(17)18)11-6-3-2-4-7-11/h2-9,19H,1H3,(H,17,18). The Labute approximate surface area is 122 Å². The van der Waals surface area contributed by atoms with Gasteiger partial charge >= 0.3 is 5.97 Å². The van der Waals surface area contributed by atoms with Gasteiger partial charge < -0.3 is 5.11 Å². The molecule has 4 heteroatoms. The van der Waals surface area contributed by atoms with Crippen molar-refractivity contribution >= 4 is 30.2 Å². The van der Waals surface area contributed by atoms with Gasteiger partial charge in [-0.25, -0.2) is 4.79 Å². The zero-order chi connectivity index (χ0) is 14.0. The van der Waals surface area contributed by atoms with Crippen LogP contribution in [-0.4, -0.2) is 11.1 Å². The van der Waals surface area contributed by atoms with Crippen LogP contribution in [0, 0.1) is 6.92 Å². The Morgan fingerprint density at radius 1 is 1.16 bits per heavy atom. The Morgan fingerprint density at radius 3 is 2.37 bits per heavy atom. The Balaban J connectivity index is 2.71. The molecule has 2 aromatic rings. The van der Waals surface area contributed by atoms with E-state index in [-0.39, 0.29) is 0 Å². The van der Waals surface area contributed by atoms with Gasteiger partial charge in [-0.05, 0) is 29.7 Å². The average molecular weight is 293 g/mol. The molecule has 98 valence electrons. The van der Waals surface area contributed by atoms with E-state index in [0.29, 0.717) is 11.1 Å². The fourth-order valence-corrected chi connectivity index (χ4v) is 2.60. The first-order valence-corrected chi connectivity index (χ1v) is 6.57. The van der Waals surface area contributed by atoms with Crippen molar-refractivity contribution in [3.05, 3.63) is 65.2 Å². The highest BCUT2D eigenvalue weighted by Crippen LogP contribution is 2.39. The van der Waals surface area contributed by atoms with Crippen molar-refractivity contribution < 1.29 is 9.90 Å². The van der Waals surface area contributed by atoms with Crippen LogP contribution >= 0.6 is 24.2 Å². The molecule has 0 aliphatic carbocycles. The predicted molar refractivity (Wildman–Crippen MR) is 79.1 cm³/mol. The summed E-state index contributed by atoms with van der Waals surface area (Å²) in [5.41, 5.74) is 1.85. The molecular weight excluding hydrogens is 280 g/mol. The summed E-state index contributed by atoms with van der Waals surface area (Å²) in [4.78, 5) is 10.9. The maximum atomic E-state index is 11.7. The molecule has 0 fully saturated rings. The van der Waals surface area contributed by atoms with Gasteiger partial charge in [-0.1, -0.05) is 54.1 Å². The summed E-state index contributed by atoms with van der Waals surface area (Å²) < 4.78 is 0. The predicted octanol–water partition coefficient (Wildman–Crippen LogP) is 3.85. The van der Waals surface area contributed by atoms with Crippen molar-refractivity contribution in [1.82, 2.24) is 0 Å². The number of hydrogen-bond donors (Lipinski definition) is 2. The number of alkyl halides is 1. The minimum atomic E-state index is -1.59. The number of carbonyl (C=O) groups is 1. The van der Waals surface area contributed by atoms with Gasteiger partial charge in [0.25, 0.3) is 0 Å². The number of carboxylic acids is 1. The quantitative estimate of drug-likeness (QED) is 0.666. The maximum Gasteiger partial charge on any atom is 0.334 e. The molecule has 0 radical (unpaired) electrons. The molecule has 0 aliphatic heterocycles. The summed E-state index contributed by atoms with van der Waals surface area (Å²) in [6.07, 6.45) is 0. The molecule has 0 saturated heterocycles. The first kappa shape index (κ1) is 14.0. The summed E-state index contributed by atoms with van der Waals surface area (Å²) in [6.45, 7) is 1.82. The number of rotatable bonds is 3. The molecule has 0 bridgehead atoms. The molecular formula is C15H13ClO2S. The Bertz CT molecular complexity index is 613. The van der Waals surface area contributed by atoms with E-state index in [1.165, 1.54) is 0 Å². The number of aliphatic carboxylic acids is 1. The number of hydrogen-bond acceptors (Lipinski definition) is 2. The minimum absolute atomic E-state index is 0.534. The van der Waals surface area contributed by atoms with E-state index in [9.17, 15) is 9.90 Å². The Hall–Kier alpha value is -1.45. The van der Waals surface area contributed by atoms with E-state index in [1.54, 1.807) is 36.4 Å². The topological polar surface area (TPSA) is 37.3 Å². The molecule has 2 rings (SSSR count). The largest absolute Gasteiger partial charge is 0.479 e. The van der Waals surface area contributed by atoms with Crippen LogP contribution in [-0.2, 0) is 9.67 Å². The number of benzene rings is 2. The molecule has 0 heterocycles. The third-order valence-electron chi connectivity index (χ3n) is 3.14. The monoisotopic (exact) mass is 292 g/mol. The van der Waals surface area contributed by atoms with Crippen LogP contribution in [0.1, 0.15) is 16.7 Å². The number of carboxylic acid groups (broad SMARTS) is 1. The zero-order valence-corrected chi connectivity index (χ0v) is 11.9. The van der Waals surface area contributed by atoms with Gasteiger partial charge in [-0.15, -0.1) is 12.6 Å². The number of thiol groups is 1. The molecule has 0 spiro atoms. The van der Waals surface area contributed by atoms with Crippen LogP contribution in [0.3, 0.4) is 0 Å². The average Bonchev–Trinajstić information content (AvgIpc) is 2.42. The molecule has 0 aromatic heterocycles. The molecule has 1 N–H and O–H groups in total. The summed E-state index contributed by atoms with van der Waals surface area (Å²) in [5, 5.41) is 9.60. The lowest BCUT2D eigenvalue weighted by molar-refractivity contribution is -0.139. The van der Waals surface area contributed by atoms with Crippen molar-refractivity contribution in [2.45, 2.75) is 16.7 Å². The first-order valence-electron chi connectivity index (χ1n) is 5.75. The molecule has 2 aromatic carbocycles. The minimum Gasteiger partial charge on any atom is -0.479 e. The van der Waals surface area contributed by atoms with Crippen LogP contribution in [0.5, 0.6) is 0 Å². The third kappa shape index (κ3) is 2.36. The van der Waals surface area contributed by atoms with Gasteiger partial charge in [0.05, 0.1) is 0 Å². The van der Waals surface area contributed by atoms with E-state index in [1.807, 2.05) is 19.1 Å². The van der Waals surface area contributed by atoms with Crippen molar-refractivity contribution in [1.29, 1.82) is 0 Å². The van der Waals surface area contributed by atoms with E-state index in [2.05, 4.69) is 12.6 Å². The van der Waals surface area contributed by atoms with Crippen LogP contribution in [0.4, 0.5) is 0 Å². The maximum absolute atomic E-state index is 11.7. The molecule has 1 atom stereocenters. The molecule has 0 amide bonds. The van der Waals surface area contributed by atoms with E-state index in [0.717, 1.165) is 10.5 Å². The molecule has 0 saturated carbocycles. The van der Waals surface area contributed by atoms with Gasteiger partial charge in [0.15, 0.2) is 4.87 Å². The fourth-order valence-electron chi connectivity index (χ4n) is 2.06. The second-order valence-electron chi connectivity index (χ2n) is 4.28. The smallest absolute Gasteiger partial charge is 0.334 e. The summed E-state index contributed by atoms with van der Waals surface area (Å²) >= 11 is 10.8. The van der Waals surface area contributed by atoms with Crippen molar-refractivity contribution in [2.75, 3.05) is 0 Å². The SMILES string of the molecule is Cc1c(S)cccc1C(Cl)(C(=O)O)c1ccccc1. The zero-order valence-electron chi connectivity index (χ0n) is 10.3. The van der Waals surface area contributed by atoms with Crippen LogP contribution in [0.25, 0.3) is 0 Å². The molecule has 0 aliphatic rings. The molecule has 19 heavy (non-hydrogen) atoms. The van der Waals surface area contributed by atoms with Crippen molar-refractivity contribution in [2.24, 2.45) is 0 Å². The van der Waals surface area contributed by atoms with Crippen LogP contribution in [0.15, 0.2) is 53.4 Å². The van der Waals surface area contributed by atoms with E-state index in [4.69, 9.17) is 11.6 Å². The van der Waals surface area contributed by atoms with Gasteiger partial charge in [-0.3, -0.25) is 0 Å². The lowest BCUT2D eigenvalue weighted by atomic mass is 9.87. The molecule has 2 nitrogen and oxygen atoms in total. The van der Waals surface area contributed by atoms with Gasteiger partial charge in [0.2, 0.25) is 0 Å². The van der Waals surface area contributed by atoms with Crippen LogP contribution < -0.4 is 0 Å². The van der Waals surface area contributed by atoms with Crippen LogP contribution in [0.2, 0.25) is 0 Å². The van der Waals surface area contributed by atoms with Gasteiger partial charge in [0, 0.05) is 4.90 Å². The van der Waals surface area contributed by atoms with E-state index < -0.39 is 10.8 Å². The van der Waals surface area contributed by atoms with E-state index >= 15 is 0 Å². The lowest BCUT2D eigenvalue weighted by Gasteiger charge is -2.25. The second kappa shape index (κ2) is 5.27. The van der Waals surface area contributed by atoms with Gasteiger partial charge in [-0.2, -0.15) is 0 Å². The molecule has 1 unspecified atom stereocenters. The Kier molecular flexibility index (Phi) is 3.88. The van der Waals surface area contributed by atoms with Crippen molar-refractivity contribution in [3.63, 3.8) is 0 Å². The van der Waals surface area contributed by atoms with Crippen molar-refractivity contribution in [3.8, 4) is 0 Å². The first-order chi connectivity index (χ1) is 8.98. The van der Waals surface area contributed by atoms with Gasteiger partial charge in [0.1, 0.15) is 0 Å². The highest BCUT2D eigenvalue weighted by atomic mass is 35.5. The summed E-state index contributed by atoms with van der Waals surface area (Å²) in [5.74, 6) is -1.09. The normalized spacial score (nSPS) is 13.8. The number of halogens is 1. The Morgan fingerprint density at radius 2 is 1.79 bits per heavy atom. The summed E-state index contributed by atoms with van der Waals surface area (Å²) in [6, 6.07) is 14.1. The summed E-state index contributed by atoms with van der Waals surface area (Å²) in [7, 11) is 0.